The Morgan fingerprint density at radius 1 is 1.40 bits per heavy atom. The normalized spacial score (nSPS) is 8.60. The molecule has 15 heavy (non-hydrogen) atoms. The van der Waals surface area contributed by atoms with Crippen LogP contribution >= 0.6 is 22.1 Å². The zero-order valence-corrected chi connectivity index (χ0v) is 11.8. The van der Waals surface area contributed by atoms with Crippen LogP contribution in [0.3, 0.4) is 0 Å². The fourth-order valence-corrected chi connectivity index (χ4v) is 0.863. The van der Waals surface area contributed by atoms with Crippen LogP contribution in [-0.4, -0.2) is 15.2 Å². The fourth-order valence-electron chi connectivity index (χ4n) is 0.673. The molecule has 0 spiro atoms. The lowest BCUT2D eigenvalue weighted by molar-refractivity contribution is 0.729. The number of nitrogens with one attached hydrogen (secondary N) is 2. The first kappa shape index (κ1) is 16.7. The number of aromatic amines is 1. The van der Waals surface area contributed by atoms with E-state index in [1.807, 2.05) is 27.7 Å². The molecule has 1 heterocycles. The van der Waals surface area contributed by atoms with Gasteiger partial charge in [-0.1, -0.05) is 39.9 Å². The van der Waals surface area contributed by atoms with Gasteiger partial charge in [0.1, 0.15) is 5.82 Å². The minimum Gasteiger partial charge on any atom is -0.262 e. The molecular weight excluding hydrogens is 229 g/mol. The van der Waals surface area contributed by atoms with Gasteiger partial charge in [0.25, 0.3) is 0 Å². The average molecular weight is 247 g/mol. The van der Waals surface area contributed by atoms with Crippen molar-refractivity contribution in [3.05, 3.63) is 10.5 Å². The Bertz CT molecular complexity index is 349. The standard InChI is InChI=1S/C6H9N5S.C2H6.H3P/c1-3(2)4-8-6(12)5(9-7)11-10-4;1-2;/h3,7H,1-2H3,(H,8,10,12);1-2H3;1H3. The summed E-state index contributed by atoms with van der Waals surface area (Å²) in [7, 11) is 0. The second-order valence-electron chi connectivity index (χ2n) is 2.62. The molecule has 1 rings (SSSR count). The van der Waals surface area contributed by atoms with Gasteiger partial charge in [-0.05, 0) is 0 Å². The number of hydrogen-bond donors (Lipinski definition) is 2. The third-order valence-electron chi connectivity index (χ3n) is 1.34. The highest BCUT2D eigenvalue weighted by Crippen LogP contribution is 2.11. The molecule has 0 saturated carbocycles. The number of hydrogen-bond acceptors (Lipinski definition) is 5. The maximum absolute atomic E-state index is 6.70. The first-order valence-electron chi connectivity index (χ1n) is 4.49. The highest BCUT2D eigenvalue weighted by molar-refractivity contribution is 7.71. The summed E-state index contributed by atoms with van der Waals surface area (Å²) in [5, 5.41) is 9.57. The molecule has 0 aliphatic rings. The SMILES string of the molecule is CC.CC(C)c1nc(=S)c(N=N)n[nH]1.P. The van der Waals surface area contributed by atoms with E-state index >= 15 is 0 Å². The van der Waals surface area contributed by atoms with Gasteiger partial charge in [0.15, 0.2) is 4.64 Å². The Balaban J connectivity index is 0. The first-order valence-corrected chi connectivity index (χ1v) is 4.90. The van der Waals surface area contributed by atoms with Crippen LogP contribution in [0.25, 0.3) is 0 Å². The highest BCUT2D eigenvalue weighted by Gasteiger charge is 2.03. The van der Waals surface area contributed by atoms with Crippen molar-refractivity contribution >= 4 is 27.9 Å². The molecule has 0 aromatic carbocycles. The molecule has 1 aromatic heterocycles. The van der Waals surface area contributed by atoms with Crippen LogP contribution in [0.1, 0.15) is 39.4 Å². The Morgan fingerprint density at radius 3 is 2.27 bits per heavy atom. The molecule has 0 radical (unpaired) electrons. The third kappa shape index (κ3) is 5.04. The van der Waals surface area contributed by atoms with Gasteiger partial charge < -0.3 is 0 Å². The van der Waals surface area contributed by atoms with Crippen LogP contribution in [-0.2, 0) is 0 Å². The summed E-state index contributed by atoms with van der Waals surface area (Å²) in [6.07, 6.45) is 0. The van der Waals surface area contributed by atoms with E-state index in [1.165, 1.54) is 0 Å². The molecule has 2 N–H and O–H groups in total. The van der Waals surface area contributed by atoms with Crippen molar-refractivity contribution in [2.24, 2.45) is 5.11 Å². The van der Waals surface area contributed by atoms with Crippen LogP contribution in [0.2, 0.25) is 0 Å². The van der Waals surface area contributed by atoms with Gasteiger partial charge >= 0.3 is 0 Å². The lowest BCUT2D eigenvalue weighted by atomic mass is 10.2. The highest BCUT2D eigenvalue weighted by atomic mass is 32.1. The summed E-state index contributed by atoms with van der Waals surface area (Å²) in [6, 6.07) is 0. The van der Waals surface area contributed by atoms with Crippen LogP contribution in [0, 0.1) is 10.2 Å². The monoisotopic (exact) mass is 247 g/mol. The first-order chi connectivity index (χ1) is 6.65. The second-order valence-corrected chi connectivity index (χ2v) is 3.00. The number of nitrogens with zero attached hydrogens (tertiary/aromatic N) is 3. The van der Waals surface area contributed by atoms with Crippen LogP contribution in [0.15, 0.2) is 5.11 Å². The molecule has 1 atom stereocenters. The van der Waals surface area contributed by atoms with Crippen molar-refractivity contribution in [1.82, 2.24) is 15.2 Å². The zero-order chi connectivity index (χ0) is 11.1. The van der Waals surface area contributed by atoms with E-state index in [4.69, 9.17) is 17.7 Å². The molecule has 0 aliphatic heterocycles. The summed E-state index contributed by atoms with van der Waals surface area (Å²) in [6.45, 7) is 7.96. The lowest BCUT2D eigenvalue weighted by Gasteiger charge is -2.01. The predicted molar refractivity (Wildman–Crippen MR) is 68.6 cm³/mol. The molecular formula is C8H18N5PS. The van der Waals surface area contributed by atoms with Crippen molar-refractivity contribution in [3.63, 3.8) is 0 Å². The summed E-state index contributed by atoms with van der Waals surface area (Å²) >= 11 is 4.85. The van der Waals surface area contributed by atoms with Gasteiger partial charge in [0, 0.05) is 5.92 Å². The molecule has 86 valence electrons. The maximum Gasteiger partial charge on any atom is 0.229 e. The molecule has 0 aliphatic carbocycles. The van der Waals surface area contributed by atoms with E-state index in [9.17, 15) is 0 Å². The maximum atomic E-state index is 6.70. The van der Waals surface area contributed by atoms with E-state index in [0.29, 0.717) is 5.82 Å². The van der Waals surface area contributed by atoms with Crippen LogP contribution in [0.5, 0.6) is 0 Å². The summed E-state index contributed by atoms with van der Waals surface area (Å²) in [5.74, 6) is 1.13. The minimum atomic E-state index is 0. The Morgan fingerprint density at radius 2 is 1.93 bits per heavy atom. The Kier molecular flexibility index (Phi) is 9.52. The van der Waals surface area contributed by atoms with E-state index in [0.717, 1.165) is 0 Å². The second kappa shape index (κ2) is 8.56. The van der Waals surface area contributed by atoms with Gasteiger partial charge in [0.05, 0.1) is 0 Å². The molecule has 0 saturated heterocycles. The molecule has 1 aromatic rings. The van der Waals surface area contributed by atoms with Gasteiger partial charge in [-0.2, -0.15) is 9.90 Å². The van der Waals surface area contributed by atoms with Crippen molar-refractivity contribution in [3.8, 4) is 0 Å². The Labute approximate surface area is 98.2 Å². The average Bonchev–Trinajstić information content (AvgIpc) is 2.20. The van der Waals surface area contributed by atoms with E-state index < -0.39 is 0 Å². The molecule has 7 heteroatoms. The predicted octanol–water partition coefficient (Wildman–Crippen LogP) is 3.40. The number of rotatable bonds is 2. The zero-order valence-electron chi connectivity index (χ0n) is 9.53. The summed E-state index contributed by atoms with van der Waals surface area (Å²) < 4.78 is 0.271. The third-order valence-corrected chi connectivity index (χ3v) is 1.62. The quantitative estimate of drug-likeness (QED) is 0.477. The van der Waals surface area contributed by atoms with Gasteiger partial charge in [-0.25, -0.2) is 10.5 Å². The van der Waals surface area contributed by atoms with Crippen molar-refractivity contribution < 1.29 is 0 Å². The van der Waals surface area contributed by atoms with Crippen LogP contribution in [0.4, 0.5) is 5.82 Å². The number of aromatic nitrogens is 3. The topological polar surface area (TPSA) is 77.8 Å². The molecule has 1 unspecified atom stereocenters. The van der Waals surface area contributed by atoms with Crippen molar-refractivity contribution in [2.75, 3.05) is 0 Å². The smallest absolute Gasteiger partial charge is 0.229 e. The van der Waals surface area contributed by atoms with Gasteiger partial charge in [-0.3, -0.25) is 5.10 Å². The van der Waals surface area contributed by atoms with Crippen molar-refractivity contribution in [2.45, 2.75) is 33.6 Å². The van der Waals surface area contributed by atoms with Gasteiger partial charge in [0.2, 0.25) is 5.82 Å². The van der Waals surface area contributed by atoms with Gasteiger partial charge in [-0.15, -0.1) is 10.2 Å². The molecule has 0 fully saturated rings. The Hall–Kier alpha value is -0.740. The molecule has 0 amide bonds. The summed E-state index contributed by atoms with van der Waals surface area (Å²) in [4.78, 5) is 4.03. The lowest BCUT2D eigenvalue weighted by Crippen LogP contribution is -1.99. The minimum absolute atomic E-state index is 0. The molecule has 5 nitrogen and oxygen atoms in total. The van der Waals surface area contributed by atoms with Crippen LogP contribution < -0.4 is 0 Å². The van der Waals surface area contributed by atoms with E-state index in [-0.39, 0.29) is 26.3 Å². The fraction of sp³-hybridized carbons (Fsp3) is 0.625. The van der Waals surface area contributed by atoms with E-state index in [1.54, 1.807) is 0 Å². The van der Waals surface area contributed by atoms with E-state index in [2.05, 4.69) is 20.3 Å². The number of H-pyrrole nitrogens is 1. The summed E-state index contributed by atoms with van der Waals surface area (Å²) in [5.41, 5.74) is 6.70. The largest absolute Gasteiger partial charge is 0.262 e. The van der Waals surface area contributed by atoms with Crippen molar-refractivity contribution in [1.29, 1.82) is 5.53 Å². The molecule has 0 bridgehead atoms.